The summed E-state index contributed by atoms with van der Waals surface area (Å²) in [6.45, 7) is 6.43. The number of carbonyl (C=O) groups excluding carboxylic acids is 1. The summed E-state index contributed by atoms with van der Waals surface area (Å²) in [7, 11) is 0. The van der Waals surface area contributed by atoms with Gasteiger partial charge in [-0.25, -0.2) is 4.98 Å². The van der Waals surface area contributed by atoms with E-state index < -0.39 is 0 Å². The summed E-state index contributed by atoms with van der Waals surface area (Å²) < 4.78 is 5.30. The average molecular weight is 315 g/mol. The molecule has 0 bridgehead atoms. The van der Waals surface area contributed by atoms with Gasteiger partial charge in [0.05, 0.1) is 11.0 Å². The summed E-state index contributed by atoms with van der Waals surface area (Å²) in [5, 5.41) is 3.00. The molecule has 0 spiro atoms. The molecule has 0 aliphatic carbocycles. The zero-order valence-electron chi connectivity index (χ0n) is 13.9. The fourth-order valence-electron chi connectivity index (χ4n) is 3.05. The van der Waals surface area contributed by atoms with Gasteiger partial charge in [-0.1, -0.05) is 6.07 Å². The van der Waals surface area contributed by atoms with Gasteiger partial charge in [0.1, 0.15) is 5.82 Å². The number of rotatable bonds is 6. The van der Waals surface area contributed by atoms with Crippen LogP contribution in [-0.2, 0) is 16.0 Å². The number of ether oxygens (including phenoxy) is 1. The van der Waals surface area contributed by atoms with Crippen molar-refractivity contribution in [1.29, 1.82) is 0 Å². The fourth-order valence-corrected chi connectivity index (χ4v) is 3.05. The van der Waals surface area contributed by atoms with E-state index in [0.29, 0.717) is 18.9 Å². The summed E-state index contributed by atoms with van der Waals surface area (Å²) in [6.07, 6.45) is 3.33. The molecule has 2 heterocycles. The molecule has 1 amide bonds. The Balaban J connectivity index is 1.45. The number of benzene rings is 1. The third-order valence-corrected chi connectivity index (χ3v) is 4.64. The Morgan fingerprint density at radius 2 is 2.30 bits per heavy atom. The van der Waals surface area contributed by atoms with Gasteiger partial charge in [0, 0.05) is 32.6 Å². The lowest BCUT2D eigenvalue weighted by Crippen LogP contribution is -2.27. The Bertz CT molecular complexity index is 687. The molecule has 5 heteroatoms. The van der Waals surface area contributed by atoms with E-state index in [0.717, 1.165) is 49.3 Å². The van der Waals surface area contributed by atoms with Crippen LogP contribution >= 0.6 is 0 Å². The summed E-state index contributed by atoms with van der Waals surface area (Å²) in [5.74, 6) is 1.53. The molecule has 1 atom stereocenters. The highest BCUT2D eigenvalue weighted by molar-refractivity contribution is 5.79. The Morgan fingerprint density at radius 3 is 3.09 bits per heavy atom. The van der Waals surface area contributed by atoms with Crippen molar-refractivity contribution in [3.63, 3.8) is 0 Å². The monoisotopic (exact) mass is 315 g/mol. The number of amides is 1. The van der Waals surface area contributed by atoms with Gasteiger partial charge >= 0.3 is 0 Å². The molecule has 23 heavy (non-hydrogen) atoms. The summed E-state index contributed by atoms with van der Waals surface area (Å²) in [4.78, 5) is 19.9. The maximum Gasteiger partial charge on any atom is 0.220 e. The van der Waals surface area contributed by atoms with Gasteiger partial charge in [0.25, 0.3) is 0 Å². The van der Waals surface area contributed by atoms with Crippen LogP contribution in [0.5, 0.6) is 0 Å². The van der Waals surface area contributed by atoms with E-state index in [2.05, 4.69) is 41.3 Å². The van der Waals surface area contributed by atoms with Crippen LogP contribution in [0.15, 0.2) is 12.1 Å². The van der Waals surface area contributed by atoms with Crippen molar-refractivity contribution in [2.75, 3.05) is 19.8 Å². The number of hydrogen-bond donors (Lipinski definition) is 2. The molecule has 3 rings (SSSR count). The first-order chi connectivity index (χ1) is 11.1. The molecule has 2 aromatic rings. The maximum absolute atomic E-state index is 11.8. The summed E-state index contributed by atoms with van der Waals surface area (Å²) >= 11 is 0. The van der Waals surface area contributed by atoms with E-state index in [9.17, 15) is 4.79 Å². The second-order valence-electron chi connectivity index (χ2n) is 6.47. The van der Waals surface area contributed by atoms with Crippen molar-refractivity contribution in [1.82, 2.24) is 15.3 Å². The van der Waals surface area contributed by atoms with Gasteiger partial charge in [-0.3, -0.25) is 4.79 Å². The van der Waals surface area contributed by atoms with Gasteiger partial charge < -0.3 is 15.0 Å². The molecule has 1 aromatic carbocycles. The minimum absolute atomic E-state index is 0.136. The van der Waals surface area contributed by atoms with Crippen LogP contribution < -0.4 is 5.32 Å². The number of aryl methyl sites for hydroxylation is 3. The molecule has 1 aliphatic heterocycles. The molecule has 124 valence electrons. The normalized spacial score (nSPS) is 17.7. The predicted octanol–water partition coefficient (Wildman–Crippen LogP) is 2.66. The lowest BCUT2D eigenvalue weighted by molar-refractivity contribution is -0.122. The van der Waals surface area contributed by atoms with Gasteiger partial charge in [0.2, 0.25) is 5.91 Å². The van der Waals surface area contributed by atoms with Crippen LogP contribution in [-0.4, -0.2) is 35.6 Å². The van der Waals surface area contributed by atoms with Gasteiger partial charge in [-0.05, 0) is 49.8 Å². The number of aromatic nitrogens is 2. The highest BCUT2D eigenvalue weighted by Crippen LogP contribution is 2.19. The van der Waals surface area contributed by atoms with Crippen molar-refractivity contribution in [2.45, 2.75) is 39.5 Å². The van der Waals surface area contributed by atoms with Crippen molar-refractivity contribution < 1.29 is 9.53 Å². The minimum atomic E-state index is 0.136. The molecule has 0 radical (unpaired) electrons. The summed E-state index contributed by atoms with van der Waals surface area (Å²) in [6, 6.07) is 4.20. The van der Waals surface area contributed by atoms with E-state index in [1.807, 2.05) is 0 Å². The quantitative estimate of drug-likeness (QED) is 0.805. The largest absolute Gasteiger partial charge is 0.381 e. The van der Waals surface area contributed by atoms with Crippen molar-refractivity contribution in [3.8, 4) is 0 Å². The number of fused-ring (bicyclic) bond motifs is 1. The molecule has 2 N–H and O–H groups in total. The zero-order chi connectivity index (χ0) is 16.2. The standard InChI is InChI=1S/C18H25N3O2/c1-12-5-6-15-18(13(12)2)21-16(20-15)4-3-8-19-17(22)10-14-7-9-23-11-14/h5-6,14H,3-4,7-11H2,1-2H3,(H,19,22)(H,20,21). The van der Waals surface area contributed by atoms with Crippen molar-refractivity contribution >= 4 is 16.9 Å². The zero-order valence-corrected chi connectivity index (χ0v) is 13.9. The van der Waals surface area contributed by atoms with E-state index >= 15 is 0 Å². The van der Waals surface area contributed by atoms with Crippen LogP contribution in [0.25, 0.3) is 11.0 Å². The molecule has 1 saturated heterocycles. The maximum atomic E-state index is 11.8. The first kappa shape index (κ1) is 16.0. The Kier molecular flexibility index (Phi) is 4.96. The smallest absolute Gasteiger partial charge is 0.220 e. The Morgan fingerprint density at radius 1 is 1.43 bits per heavy atom. The number of aromatic amines is 1. The average Bonchev–Trinajstić information content (AvgIpc) is 3.17. The third-order valence-electron chi connectivity index (χ3n) is 4.64. The van der Waals surface area contributed by atoms with Gasteiger partial charge in [-0.15, -0.1) is 0 Å². The molecule has 1 unspecified atom stereocenters. The lowest BCUT2D eigenvalue weighted by Gasteiger charge is -2.08. The highest BCUT2D eigenvalue weighted by Gasteiger charge is 2.18. The second kappa shape index (κ2) is 7.13. The molecular formula is C18H25N3O2. The van der Waals surface area contributed by atoms with E-state index in [1.54, 1.807) is 0 Å². The fraction of sp³-hybridized carbons (Fsp3) is 0.556. The highest BCUT2D eigenvalue weighted by atomic mass is 16.5. The molecule has 0 saturated carbocycles. The predicted molar refractivity (Wildman–Crippen MR) is 90.4 cm³/mol. The number of imidazole rings is 1. The minimum Gasteiger partial charge on any atom is -0.381 e. The number of H-pyrrole nitrogens is 1. The van der Waals surface area contributed by atoms with Crippen LogP contribution in [0.4, 0.5) is 0 Å². The molecule has 1 aliphatic rings. The number of nitrogens with zero attached hydrogens (tertiary/aromatic N) is 1. The number of nitrogens with one attached hydrogen (secondary N) is 2. The Hall–Kier alpha value is -1.88. The second-order valence-corrected chi connectivity index (χ2v) is 6.47. The van der Waals surface area contributed by atoms with E-state index in [1.165, 1.54) is 11.1 Å². The van der Waals surface area contributed by atoms with Crippen LogP contribution in [0.2, 0.25) is 0 Å². The molecule has 1 fully saturated rings. The van der Waals surface area contributed by atoms with Crippen LogP contribution in [0, 0.1) is 19.8 Å². The number of hydrogen-bond acceptors (Lipinski definition) is 3. The van der Waals surface area contributed by atoms with Crippen LogP contribution in [0.3, 0.4) is 0 Å². The molecule has 1 aromatic heterocycles. The van der Waals surface area contributed by atoms with E-state index in [4.69, 9.17) is 4.74 Å². The molecular weight excluding hydrogens is 290 g/mol. The SMILES string of the molecule is Cc1ccc2[nH]c(CCCNC(=O)CC3CCOC3)nc2c1C. The topological polar surface area (TPSA) is 67.0 Å². The third kappa shape index (κ3) is 3.91. The number of carbonyl (C=O) groups is 1. The Labute approximate surface area is 136 Å². The molecule has 5 nitrogen and oxygen atoms in total. The summed E-state index contributed by atoms with van der Waals surface area (Å²) in [5.41, 5.74) is 4.65. The van der Waals surface area contributed by atoms with Crippen molar-refractivity contribution in [2.24, 2.45) is 5.92 Å². The van der Waals surface area contributed by atoms with E-state index in [-0.39, 0.29) is 5.91 Å². The van der Waals surface area contributed by atoms with Gasteiger partial charge in [0.15, 0.2) is 0 Å². The van der Waals surface area contributed by atoms with Gasteiger partial charge in [-0.2, -0.15) is 0 Å². The lowest BCUT2D eigenvalue weighted by atomic mass is 10.0. The first-order valence-corrected chi connectivity index (χ1v) is 8.42. The van der Waals surface area contributed by atoms with Crippen LogP contribution in [0.1, 0.15) is 36.2 Å². The van der Waals surface area contributed by atoms with Crippen molar-refractivity contribution in [3.05, 3.63) is 29.1 Å². The first-order valence-electron chi connectivity index (χ1n) is 8.42.